The molecule has 29 heavy (non-hydrogen) atoms. The van der Waals surface area contributed by atoms with Gasteiger partial charge in [0.25, 0.3) is 0 Å². The summed E-state index contributed by atoms with van der Waals surface area (Å²) in [7, 11) is 1.48. The molecule has 0 aromatic heterocycles. The zero-order chi connectivity index (χ0) is 22.5. The molecule has 2 N–H and O–H groups in total. The van der Waals surface area contributed by atoms with E-state index >= 15 is 0 Å². The first-order valence-electron chi connectivity index (χ1n) is 10.0. The van der Waals surface area contributed by atoms with E-state index in [9.17, 15) is 14.4 Å². The lowest BCUT2D eigenvalue weighted by Gasteiger charge is -2.23. The van der Waals surface area contributed by atoms with Crippen molar-refractivity contribution in [1.82, 2.24) is 15.5 Å². The number of alkyl carbamates (subject to hydrolysis) is 2. The average molecular weight is 418 g/mol. The van der Waals surface area contributed by atoms with Crippen LogP contribution in [-0.2, 0) is 19.0 Å². The lowest BCUT2D eigenvalue weighted by Crippen LogP contribution is -2.38. The third-order valence-corrected chi connectivity index (χ3v) is 3.42. The number of methoxy groups -OCH3 is 1. The van der Waals surface area contributed by atoms with Crippen molar-refractivity contribution in [3.8, 4) is 0 Å². The molecule has 0 aromatic rings. The van der Waals surface area contributed by atoms with E-state index in [1.54, 1.807) is 25.7 Å². The normalized spacial score (nSPS) is 11.6. The number of carbonyl (C=O) groups is 3. The van der Waals surface area contributed by atoms with Gasteiger partial charge in [-0.1, -0.05) is 0 Å². The van der Waals surface area contributed by atoms with Gasteiger partial charge in [-0.2, -0.15) is 0 Å². The van der Waals surface area contributed by atoms with Crippen LogP contribution in [0.5, 0.6) is 0 Å². The Hall–Kier alpha value is -2.03. The molecular formula is C20H39N3O6. The molecule has 0 aliphatic heterocycles. The summed E-state index contributed by atoms with van der Waals surface area (Å²) >= 11 is 0. The Bertz CT molecular complexity index is 511. The predicted molar refractivity (Wildman–Crippen MR) is 111 cm³/mol. The summed E-state index contributed by atoms with van der Waals surface area (Å²) in [6, 6.07) is 0. The maximum atomic E-state index is 12.2. The minimum atomic E-state index is -0.544. The number of unbranched alkanes of at least 4 members (excludes halogenated alkanes) is 1. The summed E-state index contributed by atoms with van der Waals surface area (Å²) in [5.74, 6) is -0.107. The standard InChI is InChI=1S/C20H39N3O6/c1-19(2,3)28-17(25)21-11-8-9-13-23(16(24)15-27-7)14-10-12-22-18(26)29-20(4,5)6/h8-15H2,1-7H3,(H,21,25)(H,22,26). The topological polar surface area (TPSA) is 106 Å². The molecule has 9 heteroatoms. The molecule has 9 nitrogen and oxygen atoms in total. The van der Waals surface area contributed by atoms with Crippen molar-refractivity contribution in [1.29, 1.82) is 0 Å². The van der Waals surface area contributed by atoms with E-state index in [1.807, 2.05) is 20.8 Å². The lowest BCUT2D eigenvalue weighted by atomic mass is 10.2. The van der Waals surface area contributed by atoms with Crippen LogP contribution in [-0.4, -0.2) is 74.1 Å². The molecule has 0 atom stereocenters. The van der Waals surface area contributed by atoms with Crippen LogP contribution < -0.4 is 10.6 Å². The molecular weight excluding hydrogens is 378 g/mol. The van der Waals surface area contributed by atoms with Crippen molar-refractivity contribution >= 4 is 18.1 Å². The second-order valence-corrected chi connectivity index (χ2v) is 8.73. The average Bonchev–Trinajstić information content (AvgIpc) is 2.53. The van der Waals surface area contributed by atoms with Gasteiger partial charge in [-0.05, 0) is 60.8 Å². The highest BCUT2D eigenvalue weighted by atomic mass is 16.6. The van der Waals surface area contributed by atoms with Crippen LogP contribution in [0.1, 0.15) is 60.8 Å². The molecule has 170 valence electrons. The maximum absolute atomic E-state index is 12.2. The molecule has 0 fully saturated rings. The van der Waals surface area contributed by atoms with Crippen LogP contribution in [0.4, 0.5) is 9.59 Å². The summed E-state index contributed by atoms with van der Waals surface area (Å²) in [5, 5.41) is 5.38. The quantitative estimate of drug-likeness (QED) is 0.501. The van der Waals surface area contributed by atoms with Crippen molar-refractivity contribution in [3.63, 3.8) is 0 Å². The Balaban J connectivity index is 4.19. The molecule has 0 rings (SSSR count). The maximum Gasteiger partial charge on any atom is 0.407 e. The van der Waals surface area contributed by atoms with Crippen molar-refractivity contribution in [2.24, 2.45) is 0 Å². The minimum Gasteiger partial charge on any atom is -0.444 e. The van der Waals surface area contributed by atoms with Crippen LogP contribution in [0.25, 0.3) is 0 Å². The highest BCUT2D eigenvalue weighted by molar-refractivity contribution is 5.77. The van der Waals surface area contributed by atoms with Gasteiger partial charge in [0, 0.05) is 33.3 Å². The van der Waals surface area contributed by atoms with Crippen LogP contribution in [0.2, 0.25) is 0 Å². The number of nitrogens with one attached hydrogen (secondary N) is 2. The zero-order valence-electron chi connectivity index (χ0n) is 19.1. The number of rotatable bonds is 11. The van der Waals surface area contributed by atoms with Crippen molar-refractivity contribution in [2.45, 2.75) is 72.0 Å². The third-order valence-electron chi connectivity index (χ3n) is 3.42. The van der Waals surface area contributed by atoms with E-state index in [1.165, 1.54) is 7.11 Å². The van der Waals surface area contributed by atoms with Gasteiger partial charge in [0.05, 0.1) is 0 Å². The summed E-state index contributed by atoms with van der Waals surface area (Å²) in [6.45, 7) is 12.8. The van der Waals surface area contributed by atoms with Crippen LogP contribution in [0.15, 0.2) is 0 Å². The van der Waals surface area contributed by atoms with E-state index in [-0.39, 0.29) is 12.5 Å². The fourth-order valence-electron chi connectivity index (χ4n) is 2.28. The Kier molecular flexibility index (Phi) is 12.3. The minimum absolute atomic E-state index is 0.00958. The van der Waals surface area contributed by atoms with E-state index < -0.39 is 23.4 Å². The van der Waals surface area contributed by atoms with Gasteiger partial charge >= 0.3 is 12.2 Å². The van der Waals surface area contributed by atoms with Gasteiger partial charge in [-0.15, -0.1) is 0 Å². The number of ether oxygens (including phenoxy) is 3. The molecule has 0 aliphatic rings. The van der Waals surface area contributed by atoms with E-state index in [0.717, 1.165) is 6.42 Å². The van der Waals surface area contributed by atoms with Crippen LogP contribution in [0, 0.1) is 0 Å². The van der Waals surface area contributed by atoms with Gasteiger partial charge < -0.3 is 29.7 Å². The van der Waals surface area contributed by atoms with Crippen LogP contribution >= 0.6 is 0 Å². The summed E-state index contributed by atoms with van der Waals surface area (Å²) in [6.07, 6.45) is 1.13. The molecule has 0 spiro atoms. The largest absolute Gasteiger partial charge is 0.444 e. The Morgan fingerprint density at radius 2 is 1.21 bits per heavy atom. The van der Waals surface area contributed by atoms with Gasteiger partial charge in [-0.25, -0.2) is 9.59 Å². The molecule has 0 saturated heterocycles. The summed E-state index contributed by atoms with van der Waals surface area (Å²) < 4.78 is 15.3. The van der Waals surface area contributed by atoms with Crippen molar-refractivity contribution < 1.29 is 28.6 Å². The molecule has 0 aliphatic carbocycles. The second-order valence-electron chi connectivity index (χ2n) is 8.73. The monoisotopic (exact) mass is 417 g/mol. The fraction of sp³-hybridized carbons (Fsp3) is 0.850. The zero-order valence-corrected chi connectivity index (χ0v) is 19.1. The first kappa shape index (κ1) is 27.0. The van der Waals surface area contributed by atoms with E-state index in [2.05, 4.69) is 10.6 Å². The number of nitrogens with zero attached hydrogens (tertiary/aromatic N) is 1. The number of amides is 3. The molecule has 0 unspecified atom stereocenters. The Labute approximate surface area is 174 Å². The fourth-order valence-corrected chi connectivity index (χ4v) is 2.28. The number of carbonyl (C=O) groups excluding carboxylic acids is 3. The van der Waals surface area contributed by atoms with Gasteiger partial charge in [0.2, 0.25) is 5.91 Å². The summed E-state index contributed by atoms with van der Waals surface area (Å²) in [4.78, 5) is 37.1. The van der Waals surface area contributed by atoms with Crippen LogP contribution in [0.3, 0.4) is 0 Å². The Morgan fingerprint density at radius 1 is 0.759 bits per heavy atom. The number of hydrogen-bond donors (Lipinski definition) is 2. The van der Waals surface area contributed by atoms with Crippen molar-refractivity contribution in [3.05, 3.63) is 0 Å². The highest BCUT2D eigenvalue weighted by Crippen LogP contribution is 2.07. The lowest BCUT2D eigenvalue weighted by molar-refractivity contribution is -0.135. The van der Waals surface area contributed by atoms with Crippen molar-refractivity contribution in [2.75, 3.05) is 39.9 Å². The predicted octanol–water partition coefficient (Wildman–Crippen LogP) is 2.68. The number of hydrogen-bond acceptors (Lipinski definition) is 6. The molecule has 0 bridgehead atoms. The first-order chi connectivity index (χ1) is 13.3. The Morgan fingerprint density at radius 3 is 1.66 bits per heavy atom. The first-order valence-corrected chi connectivity index (χ1v) is 10.0. The molecule has 0 radical (unpaired) electrons. The smallest absolute Gasteiger partial charge is 0.407 e. The SMILES string of the molecule is COCC(=O)N(CCCCNC(=O)OC(C)(C)C)CCCNC(=O)OC(C)(C)C. The highest BCUT2D eigenvalue weighted by Gasteiger charge is 2.17. The van der Waals surface area contributed by atoms with E-state index in [4.69, 9.17) is 14.2 Å². The third kappa shape index (κ3) is 16.6. The molecule has 0 heterocycles. The molecule has 0 saturated carbocycles. The molecule has 3 amide bonds. The second kappa shape index (κ2) is 13.2. The summed E-state index contributed by atoms with van der Waals surface area (Å²) in [5.41, 5.74) is -1.07. The van der Waals surface area contributed by atoms with Gasteiger partial charge in [-0.3, -0.25) is 4.79 Å². The molecule has 0 aromatic carbocycles. The van der Waals surface area contributed by atoms with Gasteiger partial charge in [0.1, 0.15) is 17.8 Å². The van der Waals surface area contributed by atoms with E-state index in [0.29, 0.717) is 39.0 Å². The van der Waals surface area contributed by atoms with Gasteiger partial charge in [0.15, 0.2) is 0 Å².